The molecule has 19 heavy (non-hydrogen) atoms. The fourth-order valence-corrected chi connectivity index (χ4v) is 2.51. The maximum Gasteiger partial charge on any atom is 0.322 e. The number of benzene rings is 1. The predicted molar refractivity (Wildman–Crippen MR) is 69.4 cm³/mol. The number of anilines is 1. The quantitative estimate of drug-likeness (QED) is 0.843. The number of nitrogens with zero attached hydrogens (tertiary/aromatic N) is 2. The first kappa shape index (κ1) is 12.0. The molecule has 0 spiro atoms. The number of aliphatic hydroxyl groups is 1. The Morgan fingerprint density at radius 3 is 2.84 bits per heavy atom. The molecule has 0 unspecified atom stereocenters. The van der Waals surface area contributed by atoms with Gasteiger partial charge in [-0.25, -0.2) is 4.79 Å². The molecule has 1 aliphatic heterocycles. The van der Waals surface area contributed by atoms with E-state index < -0.39 is 5.60 Å². The van der Waals surface area contributed by atoms with E-state index in [1.165, 1.54) is 0 Å². The second-order valence-corrected chi connectivity index (χ2v) is 5.36. The van der Waals surface area contributed by atoms with Gasteiger partial charge < -0.3 is 15.3 Å². The number of β-amino-alcohol motifs (C(OH)–C–C–N with tert-alkyl or cyclic N) is 1. The van der Waals surface area contributed by atoms with E-state index in [2.05, 4.69) is 5.32 Å². The Morgan fingerprint density at radius 2 is 2.21 bits per heavy atom. The van der Waals surface area contributed by atoms with E-state index >= 15 is 0 Å². The van der Waals surface area contributed by atoms with Gasteiger partial charge in [0.15, 0.2) is 0 Å². The number of carbonyl (C=O) groups is 1. The van der Waals surface area contributed by atoms with E-state index in [9.17, 15) is 9.90 Å². The standard InChI is InChI=1S/C14H15N3O2/c15-7-10-2-1-3-12(6-10)16-13(18)17-8-14(19,9-17)11-4-5-11/h1-3,6,11,19H,4-5,8-9H2,(H,16,18). The highest BCUT2D eigenvalue weighted by Crippen LogP contribution is 2.44. The van der Waals surface area contributed by atoms with Crippen molar-refractivity contribution in [2.45, 2.75) is 18.4 Å². The van der Waals surface area contributed by atoms with E-state index in [0.717, 1.165) is 12.8 Å². The summed E-state index contributed by atoms with van der Waals surface area (Å²) in [4.78, 5) is 13.5. The Hall–Kier alpha value is -2.06. The van der Waals surface area contributed by atoms with Crippen LogP contribution >= 0.6 is 0 Å². The van der Waals surface area contributed by atoms with Gasteiger partial charge in [-0.1, -0.05) is 6.07 Å². The molecule has 3 rings (SSSR count). The van der Waals surface area contributed by atoms with Crippen molar-refractivity contribution >= 4 is 11.7 Å². The molecule has 1 heterocycles. The first-order chi connectivity index (χ1) is 9.10. The van der Waals surface area contributed by atoms with Crippen molar-refractivity contribution in [1.29, 1.82) is 5.26 Å². The number of carbonyl (C=O) groups excluding carboxylic acids is 1. The largest absolute Gasteiger partial charge is 0.386 e. The summed E-state index contributed by atoms with van der Waals surface area (Å²) < 4.78 is 0. The van der Waals surface area contributed by atoms with Gasteiger partial charge in [0.05, 0.1) is 24.7 Å². The van der Waals surface area contributed by atoms with Gasteiger partial charge in [-0.05, 0) is 37.0 Å². The van der Waals surface area contributed by atoms with Gasteiger partial charge in [-0.15, -0.1) is 0 Å². The molecule has 5 nitrogen and oxygen atoms in total. The third kappa shape index (κ3) is 2.27. The number of hydrogen-bond donors (Lipinski definition) is 2. The van der Waals surface area contributed by atoms with E-state index in [4.69, 9.17) is 5.26 Å². The van der Waals surface area contributed by atoms with Crippen molar-refractivity contribution in [3.63, 3.8) is 0 Å². The Morgan fingerprint density at radius 1 is 1.47 bits per heavy atom. The van der Waals surface area contributed by atoms with Crippen molar-refractivity contribution in [3.8, 4) is 6.07 Å². The summed E-state index contributed by atoms with van der Waals surface area (Å²) in [5.41, 5.74) is 0.452. The molecule has 0 atom stereocenters. The van der Waals surface area contributed by atoms with E-state index in [1.54, 1.807) is 29.2 Å². The van der Waals surface area contributed by atoms with Crippen LogP contribution in [0.5, 0.6) is 0 Å². The molecule has 1 aromatic rings. The molecule has 2 aliphatic rings. The molecule has 1 saturated heterocycles. The van der Waals surface area contributed by atoms with E-state index in [-0.39, 0.29) is 6.03 Å². The van der Waals surface area contributed by atoms with Crippen molar-refractivity contribution in [1.82, 2.24) is 4.90 Å². The lowest BCUT2D eigenvalue weighted by Crippen LogP contribution is -2.65. The molecule has 2 N–H and O–H groups in total. The summed E-state index contributed by atoms with van der Waals surface area (Å²) in [5, 5.41) is 21.7. The van der Waals surface area contributed by atoms with Crippen molar-refractivity contribution in [2.75, 3.05) is 18.4 Å². The lowest BCUT2D eigenvalue weighted by molar-refractivity contribution is -0.0897. The van der Waals surface area contributed by atoms with Gasteiger partial charge in [-0.2, -0.15) is 5.26 Å². The molecule has 1 saturated carbocycles. The maximum absolute atomic E-state index is 11.9. The van der Waals surface area contributed by atoms with Crippen LogP contribution in [0.4, 0.5) is 10.5 Å². The fourth-order valence-electron chi connectivity index (χ4n) is 2.51. The smallest absolute Gasteiger partial charge is 0.322 e. The molecular weight excluding hydrogens is 242 g/mol. The number of nitrogens with one attached hydrogen (secondary N) is 1. The molecule has 2 amide bonds. The molecule has 0 bridgehead atoms. The summed E-state index contributed by atoms with van der Waals surface area (Å²) in [6.07, 6.45) is 2.13. The Kier molecular flexibility index (Phi) is 2.68. The highest BCUT2D eigenvalue weighted by Gasteiger charge is 2.53. The minimum atomic E-state index is -0.661. The topological polar surface area (TPSA) is 76.4 Å². The number of likely N-dealkylation sites (tertiary alicyclic amines) is 1. The number of urea groups is 1. The molecule has 1 aliphatic carbocycles. The van der Waals surface area contributed by atoms with Gasteiger partial charge in [0, 0.05) is 5.69 Å². The number of hydrogen-bond acceptors (Lipinski definition) is 3. The van der Waals surface area contributed by atoms with Crippen molar-refractivity contribution in [2.24, 2.45) is 5.92 Å². The third-order valence-corrected chi connectivity index (χ3v) is 3.80. The summed E-state index contributed by atoms with van der Waals surface area (Å²) >= 11 is 0. The summed E-state index contributed by atoms with van der Waals surface area (Å²) in [6, 6.07) is 8.59. The third-order valence-electron chi connectivity index (χ3n) is 3.80. The van der Waals surface area contributed by atoms with Gasteiger partial charge in [0.25, 0.3) is 0 Å². The van der Waals surface area contributed by atoms with Crippen LogP contribution in [0.15, 0.2) is 24.3 Å². The molecule has 2 fully saturated rings. The minimum absolute atomic E-state index is 0.222. The SMILES string of the molecule is N#Cc1cccc(NC(=O)N2CC(O)(C3CC3)C2)c1. The normalized spacial score (nSPS) is 20.3. The zero-order chi connectivity index (χ0) is 13.5. The van der Waals surface area contributed by atoms with E-state index in [1.807, 2.05) is 6.07 Å². The van der Waals surface area contributed by atoms with Crippen LogP contribution in [0.25, 0.3) is 0 Å². The second kappa shape index (κ2) is 4.25. The Bertz CT molecular complexity index is 554. The Balaban J connectivity index is 1.59. The van der Waals surface area contributed by atoms with E-state index in [0.29, 0.717) is 30.3 Å². The highest BCUT2D eigenvalue weighted by atomic mass is 16.3. The van der Waals surface area contributed by atoms with Gasteiger partial charge in [0.1, 0.15) is 5.60 Å². The van der Waals surface area contributed by atoms with Crippen molar-refractivity contribution < 1.29 is 9.90 Å². The van der Waals surface area contributed by atoms with Gasteiger partial charge in [0.2, 0.25) is 0 Å². The van der Waals surface area contributed by atoms with Gasteiger partial charge in [-0.3, -0.25) is 0 Å². The second-order valence-electron chi connectivity index (χ2n) is 5.36. The van der Waals surface area contributed by atoms with Gasteiger partial charge >= 0.3 is 6.03 Å². The fraction of sp³-hybridized carbons (Fsp3) is 0.429. The minimum Gasteiger partial charge on any atom is -0.386 e. The summed E-state index contributed by atoms with van der Waals surface area (Å²) in [5.74, 6) is 0.374. The number of nitriles is 1. The zero-order valence-electron chi connectivity index (χ0n) is 10.5. The zero-order valence-corrected chi connectivity index (χ0v) is 10.5. The lowest BCUT2D eigenvalue weighted by atomic mass is 9.89. The van der Waals surface area contributed by atoms with Crippen LogP contribution in [0, 0.1) is 17.2 Å². The number of rotatable bonds is 2. The first-order valence-electron chi connectivity index (χ1n) is 6.39. The lowest BCUT2D eigenvalue weighted by Gasteiger charge is -2.46. The van der Waals surface area contributed by atoms with Crippen LogP contribution in [0.1, 0.15) is 18.4 Å². The van der Waals surface area contributed by atoms with Crippen LogP contribution in [-0.2, 0) is 0 Å². The maximum atomic E-state index is 11.9. The van der Waals surface area contributed by atoms with Crippen LogP contribution < -0.4 is 5.32 Å². The number of amides is 2. The van der Waals surface area contributed by atoms with Crippen LogP contribution in [0.3, 0.4) is 0 Å². The molecule has 1 aromatic carbocycles. The van der Waals surface area contributed by atoms with Crippen LogP contribution in [-0.4, -0.2) is 34.7 Å². The first-order valence-corrected chi connectivity index (χ1v) is 6.39. The molecular formula is C14H15N3O2. The Labute approximate surface area is 111 Å². The summed E-state index contributed by atoms with van der Waals surface area (Å²) in [6.45, 7) is 0.808. The van der Waals surface area contributed by atoms with Crippen molar-refractivity contribution in [3.05, 3.63) is 29.8 Å². The monoisotopic (exact) mass is 257 g/mol. The van der Waals surface area contributed by atoms with Crippen LogP contribution in [0.2, 0.25) is 0 Å². The summed E-state index contributed by atoms with van der Waals surface area (Å²) in [7, 11) is 0. The molecule has 0 radical (unpaired) electrons. The molecule has 5 heteroatoms. The molecule has 0 aromatic heterocycles. The predicted octanol–water partition coefficient (Wildman–Crippen LogP) is 1.55. The highest BCUT2D eigenvalue weighted by molar-refractivity contribution is 5.90. The average molecular weight is 257 g/mol. The average Bonchev–Trinajstić information content (AvgIpc) is 3.19. The molecule has 98 valence electrons.